The minimum absolute atomic E-state index is 0.0204. The first-order valence-corrected chi connectivity index (χ1v) is 11.1. The van der Waals surface area contributed by atoms with E-state index in [1.54, 1.807) is 48.1 Å². The molecule has 9 nitrogen and oxygen atoms in total. The van der Waals surface area contributed by atoms with Crippen LogP contribution < -0.4 is 4.90 Å². The molecular weight excluding hydrogens is 436 g/mol. The molecule has 1 amide bonds. The third kappa shape index (κ3) is 4.32. The highest BCUT2D eigenvalue weighted by molar-refractivity contribution is 6.29. The third-order valence-electron chi connectivity index (χ3n) is 5.66. The highest BCUT2D eigenvalue weighted by atomic mass is 35.5. The molecule has 4 heterocycles. The lowest BCUT2D eigenvalue weighted by Gasteiger charge is -2.36. The van der Waals surface area contributed by atoms with E-state index in [9.17, 15) is 9.90 Å². The van der Waals surface area contributed by atoms with E-state index in [0.717, 1.165) is 6.42 Å². The second-order valence-corrected chi connectivity index (χ2v) is 8.18. The van der Waals surface area contributed by atoms with Gasteiger partial charge in [0.25, 0.3) is 0 Å². The summed E-state index contributed by atoms with van der Waals surface area (Å²) < 4.78 is 18.9. The van der Waals surface area contributed by atoms with Crippen molar-refractivity contribution in [1.29, 1.82) is 0 Å². The number of rotatable bonds is 6. The van der Waals surface area contributed by atoms with E-state index in [1.165, 1.54) is 0 Å². The second-order valence-electron chi connectivity index (χ2n) is 7.79. The summed E-state index contributed by atoms with van der Waals surface area (Å²) in [4.78, 5) is 19.2. The monoisotopic (exact) mass is 462 g/mol. The normalized spacial score (nSPS) is 19.8. The van der Waals surface area contributed by atoms with Crippen molar-refractivity contribution in [1.82, 2.24) is 14.8 Å². The van der Waals surface area contributed by atoms with Gasteiger partial charge in [-0.15, -0.1) is 0 Å². The van der Waals surface area contributed by atoms with Crippen LogP contribution in [-0.2, 0) is 16.5 Å². The zero-order chi connectivity index (χ0) is 22.8. The predicted octanol–water partition coefficient (Wildman–Crippen LogP) is 4.22. The highest BCUT2D eigenvalue weighted by Gasteiger charge is 2.38. The summed E-state index contributed by atoms with van der Waals surface area (Å²) in [5.41, 5.74) is 1.69. The number of aliphatic hydroxyl groups is 1. The number of hydrogen-bond acceptors (Lipinski definition) is 7. The molecule has 4 rings (SSSR count). The minimum Gasteiger partial charge on any atom is -0.454 e. The largest absolute Gasteiger partial charge is 0.454 e. The summed E-state index contributed by atoms with van der Waals surface area (Å²) in [6.07, 6.45) is 3.65. The Hall–Kier alpha value is -2.62. The van der Waals surface area contributed by atoms with Gasteiger partial charge in [0, 0.05) is 31.5 Å². The molecule has 1 fully saturated rings. The number of fused-ring (bicyclic) bond motifs is 1. The van der Waals surface area contributed by atoms with Gasteiger partial charge in [0.05, 0.1) is 18.9 Å². The van der Waals surface area contributed by atoms with E-state index in [0.29, 0.717) is 41.8 Å². The van der Waals surface area contributed by atoms with E-state index in [-0.39, 0.29) is 29.7 Å². The first kappa shape index (κ1) is 22.6. The smallest absolute Gasteiger partial charge is 0.414 e. The summed E-state index contributed by atoms with van der Waals surface area (Å²) in [5, 5.41) is 15.6. The maximum absolute atomic E-state index is 13.2. The molecule has 1 unspecified atom stereocenters. The molecule has 0 aliphatic carbocycles. The van der Waals surface area contributed by atoms with Crippen LogP contribution in [0.3, 0.4) is 0 Å². The zero-order valence-electron chi connectivity index (χ0n) is 18.3. The number of aliphatic hydroxyl groups excluding tert-OH is 1. The number of pyridine rings is 1. The first-order valence-electron chi connectivity index (χ1n) is 10.8. The fourth-order valence-electron chi connectivity index (χ4n) is 4.10. The van der Waals surface area contributed by atoms with Crippen molar-refractivity contribution in [2.45, 2.75) is 51.4 Å². The summed E-state index contributed by atoms with van der Waals surface area (Å²) in [5.74, 6) is 0.190. The summed E-state index contributed by atoms with van der Waals surface area (Å²) >= 11 is 6.19. The average Bonchev–Trinajstić information content (AvgIpc) is 3.38. The number of nitrogens with zero attached hydrogens (tertiary/aromatic N) is 4. The van der Waals surface area contributed by atoms with Gasteiger partial charge in [-0.2, -0.15) is 5.10 Å². The molecule has 0 spiro atoms. The molecule has 0 bridgehead atoms. The number of halogens is 1. The van der Waals surface area contributed by atoms with Crippen LogP contribution in [0.4, 0.5) is 10.5 Å². The van der Waals surface area contributed by atoms with E-state index < -0.39 is 12.2 Å². The maximum atomic E-state index is 13.2. The third-order valence-corrected chi connectivity index (χ3v) is 5.87. The molecule has 1 saturated heterocycles. The zero-order valence-corrected chi connectivity index (χ0v) is 19.1. The van der Waals surface area contributed by atoms with Gasteiger partial charge in [0.2, 0.25) is 0 Å². The Morgan fingerprint density at radius 1 is 1.44 bits per heavy atom. The van der Waals surface area contributed by atoms with E-state index >= 15 is 0 Å². The van der Waals surface area contributed by atoms with Crippen molar-refractivity contribution in [3.63, 3.8) is 0 Å². The van der Waals surface area contributed by atoms with Crippen molar-refractivity contribution >= 4 is 34.5 Å². The van der Waals surface area contributed by atoms with Gasteiger partial charge >= 0.3 is 6.09 Å². The van der Waals surface area contributed by atoms with Gasteiger partial charge in [0.1, 0.15) is 22.5 Å². The molecule has 3 atom stereocenters. The number of anilines is 1. The van der Waals surface area contributed by atoms with Crippen LogP contribution in [0.25, 0.3) is 11.1 Å². The fraction of sp³-hybridized carbons (Fsp3) is 0.500. The molecule has 1 N–H and O–H groups in total. The number of carbonyl (C=O) groups is 1. The molecule has 3 aromatic rings. The lowest BCUT2D eigenvalue weighted by atomic mass is 9.99. The molecule has 0 radical (unpaired) electrons. The predicted molar refractivity (Wildman–Crippen MR) is 119 cm³/mol. The number of aryl methyl sites for hydroxylation is 1. The molecule has 0 saturated carbocycles. The van der Waals surface area contributed by atoms with Crippen molar-refractivity contribution < 1.29 is 23.8 Å². The van der Waals surface area contributed by atoms with Gasteiger partial charge in [-0.3, -0.25) is 9.58 Å². The molecule has 3 aromatic heterocycles. The number of amides is 1. The molecule has 32 heavy (non-hydrogen) atoms. The topological polar surface area (TPSA) is 103 Å². The average molecular weight is 463 g/mol. The Kier molecular flexibility index (Phi) is 6.68. The van der Waals surface area contributed by atoms with Crippen molar-refractivity contribution in [2.24, 2.45) is 7.05 Å². The molecular formula is C22H27ClN4O5. The second kappa shape index (κ2) is 9.48. The van der Waals surface area contributed by atoms with Crippen LogP contribution in [0.1, 0.15) is 50.5 Å². The Morgan fingerprint density at radius 3 is 2.94 bits per heavy atom. The van der Waals surface area contributed by atoms with Crippen molar-refractivity contribution in [2.75, 3.05) is 18.1 Å². The Labute approximate surface area is 190 Å². The molecule has 0 aromatic carbocycles. The first-order chi connectivity index (χ1) is 15.4. The number of carbonyl (C=O) groups excluding carboxylic acids is 1. The van der Waals surface area contributed by atoms with Crippen LogP contribution in [0.5, 0.6) is 0 Å². The van der Waals surface area contributed by atoms with E-state index in [4.69, 9.17) is 25.5 Å². The minimum atomic E-state index is -1.16. The number of aromatic nitrogens is 3. The molecule has 1 aliphatic heterocycles. The SMILES string of the molecule is CCOC(=O)N(c1c(C(O)c2cnn(C)c2)oc2ccc(Cl)nc12)[C@H]1CCO[C@@H](CC)C1. The van der Waals surface area contributed by atoms with Crippen LogP contribution in [0.2, 0.25) is 5.15 Å². The molecule has 1 aliphatic rings. The van der Waals surface area contributed by atoms with Gasteiger partial charge in [0.15, 0.2) is 11.3 Å². The van der Waals surface area contributed by atoms with E-state index in [1.807, 2.05) is 6.92 Å². The highest BCUT2D eigenvalue weighted by Crippen LogP contribution is 2.42. The van der Waals surface area contributed by atoms with Gasteiger partial charge in [-0.1, -0.05) is 18.5 Å². The van der Waals surface area contributed by atoms with Gasteiger partial charge < -0.3 is 19.0 Å². The number of furan rings is 1. The summed E-state index contributed by atoms with van der Waals surface area (Å²) in [6.45, 7) is 4.53. The number of hydrogen-bond donors (Lipinski definition) is 1. The van der Waals surface area contributed by atoms with Crippen molar-refractivity contribution in [3.8, 4) is 0 Å². The molecule has 10 heteroatoms. The Balaban J connectivity index is 1.89. The molecule has 172 valence electrons. The lowest BCUT2D eigenvalue weighted by molar-refractivity contribution is 0.00461. The Morgan fingerprint density at radius 2 is 2.25 bits per heavy atom. The van der Waals surface area contributed by atoms with Crippen molar-refractivity contribution in [3.05, 3.63) is 41.0 Å². The fourth-order valence-corrected chi connectivity index (χ4v) is 4.25. The van der Waals surface area contributed by atoms with Crippen LogP contribution >= 0.6 is 11.6 Å². The Bertz CT molecular complexity index is 1100. The van der Waals surface area contributed by atoms with Gasteiger partial charge in [-0.25, -0.2) is 9.78 Å². The quantitative estimate of drug-likeness (QED) is 0.547. The number of ether oxygens (including phenoxy) is 2. The standard InChI is InChI=1S/C22H27ClN4O5/c1-4-15-10-14(8-9-31-15)27(22(29)30-5-2)19-18-16(6-7-17(23)25-18)32-21(19)20(28)13-11-24-26(3)12-13/h6-7,11-12,14-15,20,28H,4-5,8-10H2,1-3H3/t14-,15-,20?/m0/s1. The van der Waals surface area contributed by atoms with Crippen LogP contribution in [-0.4, -0.2) is 51.3 Å². The lowest BCUT2D eigenvalue weighted by Crippen LogP contribution is -2.46. The van der Waals surface area contributed by atoms with Crippen LogP contribution in [0, 0.1) is 0 Å². The van der Waals surface area contributed by atoms with Crippen LogP contribution in [0.15, 0.2) is 28.9 Å². The maximum Gasteiger partial charge on any atom is 0.414 e. The summed E-state index contributed by atoms with van der Waals surface area (Å²) in [7, 11) is 1.76. The van der Waals surface area contributed by atoms with E-state index in [2.05, 4.69) is 10.1 Å². The summed E-state index contributed by atoms with van der Waals surface area (Å²) in [6, 6.07) is 3.07. The van der Waals surface area contributed by atoms with Gasteiger partial charge in [-0.05, 0) is 38.3 Å².